The number of nitrogens with one attached hydrogen (secondary N) is 2. The number of aromatic nitrogens is 2. The summed E-state index contributed by atoms with van der Waals surface area (Å²) in [6.07, 6.45) is 1.05. The number of aliphatic hydroxyl groups excluding tert-OH is 2. The van der Waals surface area contributed by atoms with Crippen LogP contribution in [0, 0.1) is 0 Å². The SMILES string of the molecule is CC(CO)(CO)NS(=O)(=O)c1cn[nH]c1N. The summed E-state index contributed by atoms with van der Waals surface area (Å²) in [4.78, 5) is -0.222. The van der Waals surface area contributed by atoms with Crippen LogP contribution in [0.2, 0.25) is 0 Å². The topological polar surface area (TPSA) is 141 Å². The van der Waals surface area contributed by atoms with E-state index < -0.39 is 28.8 Å². The smallest absolute Gasteiger partial charge is 0.246 e. The van der Waals surface area contributed by atoms with Crippen LogP contribution in [0.15, 0.2) is 11.1 Å². The fourth-order valence-electron chi connectivity index (χ4n) is 0.993. The predicted octanol–water partition coefficient (Wildman–Crippen LogP) is -1.99. The highest BCUT2D eigenvalue weighted by atomic mass is 32.2. The molecule has 1 rings (SSSR count). The zero-order chi connectivity index (χ0) is 12.4. The molecule has 0 radical (unpaired) electrons. The molecule has 9 heteroatoms. The van der Waals surface area contributed by atoms with Gasteiger partial charge in [0.2, 0.25) is 10.0 Å². The quantitative estimate of drug-likeness (QED) is 0.410. The molecule has 1 aromatic heterocycles. The summed E-state index contributed by atoms with van der Waals surface area (Å²) >= 11 is 0. The fraction of sp³-hybridized carbons (Fsp3) is 0.571. The molecule has 0 aliphatic heterocycles. The maximum atomic E-state index is 11.8. The number of hydrogen-bond acceptors (Lipinski definition) is 6. The average molecular weight is 250 g/mol. The number of sulfonamides is 1. The van der Waals surface area contributed by atoms with Crippen molar-refractivity contribution < 1.29 is 18.6 Å². The molecule has 1 heterocycles. The highest BCUT2D eigenvalue weighted by Gasteiger charge is 2.31. The summed E-state index contributed by atoms with van der Waals surface area (Å²) in [7, 11) is -3.92. The van der Waals surface area contributed by atoms with Crippen molar-refractivity contribution in [3.05, 3.63) is 6.20 Å². The normalized spacial score (nSPS) is 12.9. The monoisotopic (exact) mass is 250 g/mol. The van der Waals surface area contributed by atoms with Gasteiger partial charge in [0, 0.05) is 0 Å². The van der Waals surface area contributed by atoms with Crippen LogP contribution >= 0.6 is 0 Å². The standard InChI is InChI=1S/C7H14N4O4S/c1-7(3-12,4-13)11-16(14,15)5-2-9-10-6(5)8/h2,11-13H,3-4H2,1H3,(H3,8,9,10). The van der Waals surface area contributed by atoms with Gasteiger partial charge < -0.3 is 15.9 Å². The third-order valence-corrected chi connectivity index (χ3v) is 3.67. The molecule has 6 N–H and O–H groups in total. The minimum absolute atomic E-state index is 0.106. The number of rotatable bonds is 5. The molecule has 8 nitrogen and oxygen atoms in total. The molecule has 0 atom stereocenters. The Morgan fingerprint density at radius 3 is 2.50 bits per heavy atom. The lowest BCUT2D eigenvalue weighted by Crippen LogP contribution is -2.51. The number of anilines is 1. The molecule has 0 saturated heterocycles. The van der Waals surface area contributed by atoms with E-state index in [0.29, 0.717) is 0 Å². The molecule has 0 aliphatic carbocycles. The van der Waals surface area contributed by atoms with Crippen molar-refractivity contribution in [2.45, 2.75) is 17.4 Å². The largest absolute Gasteiger partial charge is 0.394 e. The number of H-pyrrole nitrogens is 1. The van der Waals surface area contributed by atoms with E-state index in [0.717, 1.165) is 6.20 Å². The van der Waals surface area contributed by atoms with E-state index in [1.165, 1.54) is 6.92 Å². The molecule has 0 aromatic carbocycles. The van der Waals surface area contributed by atoms with Gasteiger partial charge in [0.05, 0.1) is 24.9 Å². The number of aliphatic hydroxyl groups is 2. The summed E-state index contributed by atoms with van der Waals surface area (Å²) in [5.74, 6) is -0.106. The minimum atomic E-state index is -3.92. The van der Waals surface area contributed by atoms with Gasteiger partial charge in [-0.05, 0) is 6.92 Å². The van der Waals surface area contributed by atoms with Crippen LogP contribution in [0.25, 0.3) is 0 Å². The molecule has 0 bridgehead atoms. The second kappa shape index (κ2) is 4.37. The first-order valence-electron chi connectivity index (χ1n) is 4.39. The lowest BCUT2D eigenvalue weighted by atomic mass is 10.1. The fourth-order valence-corrected chi connectivity index (χ4v) is 2.41. The maximum absolute atomic E-state index is 11.8. The maximum Gasteiger partial charge on any atom is 0.246 e. The van der Waals surface area contributed by atoms with Crippen LogP contribution in [-0.4, -0.2) is 47.6 Å². The molecule has 1 aromatic rings. The molecule has 0 saturated carbocycles. The van der Waals surface area contributed by atoms with Gasteiger partial charge in [0.15, 0.2) is 0 Å². The Kier molecular flexibility index (Phi) is 3.53. The van der Waals surface area contributed by atoms with Crippen LogP contribution < -0.4 is 10.5 Å². The molecule has 16 heavy (non-hydrogen) atoms. The Balaban J connectivity index is 3.02. The molecular formula is C7H14N4O4S. The molecular weight excluding hydrogens is 236 g/mol. The Hall–Kier alpha value is -1.16. The van der Waals surface area contributed by atoms with Crippen molar-refractivity contribution in [1.29, 1.82) is 0 Å². The van der Waals surface area contributed by atoms with E-state index in [2.05, 4.69) is 14.9 Å². The first-order valence-corrected chi connectivity index (χ1v) is 5.87. The van der Waals surface area contributed by atoms with E-state index in [4.69, 9.17) is 15.9 Å². The van der Waals surface area contributed by atoms with Crippen molar-refractivity contribution in [3.8, 4) is 0 Å². The van der Waals surface area contributed by atoms with Gasteiger partial charge in [-0.1, -0.05) is 0 Å². The van der Waals surface area contributed by atoms with Crippen molar-refractivity contribution in [3.63, 3.8) is 0 Å². The summed E-state index contributed by atoms with van der Waals surface area (Å²) in [6, 6.07) is 0. The van der Waals surface area contributed by atoms with E-state index in [1.54, 1.807) is 0 Å². The average Bonchev–Trinajstić information content (AvgIpc) is 2.64. The van der Waals surface area contributed by atoms with Crippen molar-refractivity contribution in [2.24, 2.45) is 0 Å². The van der Waals surface area contributed by atoms with Crippen molar-refractivity contribution in [1.82, 2.24) is 14.9 Å². The third-order valence-electron chi connectivity index (χ3n) is 2.00. The highest BCUT2D eigenvalue weighted by molar-refractivity contribution is 7.89. The molecule has 0 aliphatic rings. The molecule has 0 unspecified atom stereocenters. The van der Waals surface area contributed by atoms with E-state index in [1.807, 2.05) is 0 Å². The minimum Gasteiger partial charge on any atom is -0.394 e. The summed E-state index contributed by atoms with van der Waals surface area (Å²) in [5.41, 5.74) is 4.02. The predicted molar refractivity (Wildman–Crippen MR) is 55.9 cm³/mol. The van der Waals surface area contributed by atoms with E-state index in [9.17, 15) is 8.42 Å². The lowest BCUT2D eigenvalue weighted by Gasteiger charge is -2.25. The number of hydrogen-bond donors (Lipinski definition) is 5. The lowest BCUT2D eigenvalue weighted by molar-refractivity contribution is 0.122. The Morgan fingerprint density at radius 1 is 1.56 bits per heavy atom. The van der Waals surface area contributed by atoms with Crippen molar-refractivity contribution >= 4 is 15.8 Å². The van der Waals surface area contributed by atoms with Gasteiger partial charge >= 0.3 is 0 Å². The molecule has 0 amide bonds. The second-order valence-corrected chi connectivity index (χ2v) is 5.28. The second-order valence-electron chi connectivity index (χ2n) is 3.63. The van der Waals surface area contributed by atoms with Crippen LogP contribution in [0.3, 0.4) is 0 Å². The third kappa shape index (κ3) is 2.50. The van der Waals surface area contributed by atoms with E-state index in [-0.39, 0.29) is 10.7 Å². The first-order chi connectivity index (χ1) is 7.34. The zero-order valence-electron chi connectivity index (χ0n) is 8.64. The van der Waals surface area contributed by atoms with Crippen LogP contribution in [0.4, 0.5) is 5.82 Å². The van der Waals surface area contributed by atoms with Gasteiger partial charge in [0.1, 0.15) is 10.7 Å². The summed E-state index contributed by atoms with van der Waals surface area (Å²) in [6.45, 7) is 0.280. The van der Waals surface area contributed by atoms with Crippen LogP contribution in [-0.2, 0) is 10.0 Å². The highest BCUT2D eigenvalue weighted by Crippen LogP contribution is 2.16. The van der Waals surface area contributed by atoms with Gasteiger partial charge in [-0.2, -0.15) is 5.10 Å². The van der Waals surface area contributed by atoms with Gasteiger partial charge in [-0.3, -0.25) is 5.10 Å². The van der Waals surface area contributed by atoms with E-state index >= 15 is 0 Å². The summed E-state index contributed by atoms with van der Waals surface area (Å²) in [5, 5.41) is 23.7. The molecule has 0 spiro atoms. The van der Waals surface area contributed by atoms with Crippen LogP contribution in [0.1, 0.15) is 6.92 Å². The Labute approximate surface area is 92.5 Å². The van der Waals surface area contributed by atoms with Crippen molar-refractivity contribution in [2.75, 3.05) is 18.9 Å². The summed E-state index contributed by atoms with van der Waals surface area (Å²) < 4.78 is 25.7. The van der Waals surface area contributed by atoms with Gasteiger partial charge in [-0.15, -0.1) is 0 Å². The Bertz CT molecular complexity index is 451. The number of nitrogen functional groups attached to an aromatic ring is 1. The number of nitrogens with two attached hydrogens (primary N) is 1. The first kappa shape index (κ1) is 12.9. The molecule has 92 valence electrons. The van der Waals surface area contributed by atoms with Gasteiger partial charge in [0.25, 0.3) is 0 Å². The molecule has 0 fully saturated rings. The zero-order valence-corrected chi connectivity index (χ0v) is 9.45. The van der Waals surface area contributed by atoms with Crippen LogP contribution in [0.5, 0.6) is 0 Å². The number of nitrogens with zero attached hydrogens (tertiary/aromatic N) is 1. The Morgan fingerprint density at radius 2 is 2.12 bits per heavy atom. The van der Waals surface area contributed by atoms with Gasteiger partial charge in [-0.25, -0.2) is 13.1 Å². The number of aromatic amines is 1.